The van der Waals surface area contributed by atoms with Gasteiger partial charge in [0.15, 0.2) is 0 Å². The Hall–Kier alpha value is -2.20. The monoisotopic (exact) mass is 351 g/mol. The first kappa shape index (κ1) is 18.6. The van der Waals surface area contributed by atoms with Crippen molar-refractivity contribution in [2.24, 2.45) is 0 Å². The number of morpholine rings is 1. The van der Waals surface area contributed by atoms with Crippen molar-refractivity contribution in [2.75, 3.05) is 31.2 Å². The molecule has 1 aromatic rings. The molecule has 0 unspecified atom stereocenters. The number of aryl methyl sites for hydroxylation is 1. The van der Waals surface area contributed by atoms with E-state index < -0.39 is 0 Å². The van der Waals surface area contributed by atoms with Gasteiger partial charge < -0.3 is 9.64 Å². The molecule has 26 heavy (non-hydrogen) atoms. The molecule has 2 heterocycles. The van der Waals surface area contributed by atoms with Crippen LogP contribution in [-0.4, -0.2) is 36.3 Å². The van der Waals surface area contributed by atoms with Gasteiger partial charge in [0, 0.05) is 25.1 Å². The topological polar surface area (TPSA) is 38.2 Å². The van der Waals surface area contributed by atoms with E-state index in [0.717, 1.165) is 62.9 Å². The van der Waals surface area contributed by atoms with Gasteiger partial charge in [-0.05, 0) is 37.0 Å². The number of rotatable bonds is 6. The Labute approximate surface area is 157 Å². The van der Waals surface area contributed by atoms with Crippen molar-refractivity contribution in [2.45, 2.75) is 40.0 Å². The summed E-state index contributed by atoms with van der Waals surface area (Å²) in [6, 6.07) is 0. The number of aromatic nitrogens is 2. The van der Waals surface area contributed by atoms with E-state index in [1.165, 1.54) is 22.3 Å². The Morgan fingerprint density at radius 2 is 1.96 bits per heavy atom. The molecule has 1 saturated heterocycles. The van der Waals surface area contributed by atoms with Gasteiger partial charge in [-0.2, -0.15) is 0 Å². The summed E-state index contributed by atoms with van der Waals surface area (Å²) in [4.78, 5) is 12.0. The first-order chi connectivity index (χ1) is 12.7. The van der Waals surface area contributed by atoms with Crippen LogP contribution >= 0.6 is 0 Å². The Kier molecular flexibility index (Phi) is 6.04. The van der Waals surface area contributed by atoms with Gasteiger partial charge in [-0.25, -0.2) is 9.97 Å². The summed E-state index contributed by atoms with van der Waals surface area (Å²) in [6.07, 6.45) is 11.2. The number of hydrogen-bond acceptors (Lipinski definition) is 4. The van der Waals surface area contributed by atoms with Crippen LogP contribution in [0, 0.1) is 6.92 Å². The highest BCUT2D eigenvalue weighted by atomic mass is 16.5. The molecule has 0 radical (unpaired) electrons. The predicted octanol–water partition coefficient (Wildman–Crippen LogP) is 4.42. The van der Waals surface area contributed by atoms with Crippen molar-refractivity contribution >= 4 is 11.4 Å². The van der Waals surface area contributed by atoms with E-state index in [-0.39, 0.29) is 0 Å². The molecular formula is C22H29N3O. The first-order valence-electron chi connectivity index (χ1n) is 9.54. The van der Waals surface area contributed by atoms with Crippen molar-refractivity contribution in [3.05, 3.63) is 59.1 Å². The summed E-state index contributed by atoms with van der Waals surface area (Å²) in [5, 5.41) is 0. The second-order valence-corrected chi connectivity index (χ2v) is 6.86. The highest BCUT2D eigenvalue weighted by Gasteiger charge is 2.28. The van der Waals surface area contributed by atoms with Crippen molar-refractivity contribution in [3.8, 4) is 0 Å². The van der Waals surface area contributed by atoms with Gasteiger partial charge in [0.2, 0.25) is 0 Å². The summed E-state index contributed by atoms with van der Waals surface area (Å²) in [6.45, 7) is 13.5. The fraction of sp³-hybridized carbons (Fsp3) is 0.455. The molecule has 3 rings (SSSR count). The van der Waals surface area contributed by atoms with Gasteiger partial charge in [-0.1, -0.05) is 44.2 Å². The van der Waals surface area contributed by atoms with E-state index in [2.05, 4.69) is 37.5 Å². The van der Waals surface area contributed by atoms with Crippen LogP contribution in [0.4, 0.5) is 5.82 Å². The van der Waals surface area contributed by atoms with E-state index in [1.807, 2.05) is 19.1 Å². The summed E-state index contributed by atoms with van der Waals surface area (Å²) < 4.78 is 5.52. The SMILES string of the molecule is C=C/C=C\C=C(/CCC)C1=C(C)c2nc(C)nc(N3CCOCC3)c2C1. The zero-order valence-corrected chi connectivity index (χ0v) is 16.2. The van der Waals surface area contributed by atoms with Crippen LogP contribution in [0.3, 0.4) is 0 Å². The molecule has 0 aromatic carbocycles. The molecule has 4 nitrogen and oxygen atoms in total. The molecule has 0 N–H and O–H groups in total. The maximum Gasteiger partial charge on any atom is 0.136 e. The second-order valence-electron chi connectivity index (χ2n) is 6.86. The smallest absolute Gasteiger partial charge is 0.136 e. The van der Waals surface area contributed by atoms with Crippen LogP contribution in [0.25, 0.3) is 5.57 Å². The molecule has 0 amide bonds. The first-order valence-corrected chi connectivity index (χ1v) is 9.54. The third-order valence-corrected chi connectivity index (χ3v) is 5.02. The number of allylic oxidation sites excluding steroid dienone is 7. The lowest BCUT2D eigenvalue weighted by atomic mass is 9.97. The van der Waals surface area contributed by atoms with Crippen molar-refractivity contribution < 1.29 is 4.74 Å². The zero-order chi connectivity index (χ0) is 18.5. The standard InChI is InChI=1S/C22H29N3O/c1-5-7-8-10-18(9-6-2)19-15-20-21(16(19)3)23-17(4)24-22(20)25-11-13-26-14-12-25/h5,7-8,10H,1,6,9,11-15H2,2-4H3/b8-7-,18-10+. The van der Waals surface area contributed by atoms with E-state index in [9.17, 15) is 0 Å². The molecule has 1 aliphatic heterocycles. The average Bonchev–Trinajstić information content (AvgIpc) is 2.98. The lowest BCUT2D eigenvalue weighted by molar-refractivity contribution is 0.122. The number of hydrogen-bond donors (Lipinski definition) is 0. The Balaban J connectivity index is 1.99. The highest BCUT2D eigenvalue weighted by molar-refractivity contribution is 5.80. The Bertz CT molecular complexity index is 768. The normalized spacial score (nSPS) is 18.0. The van der Waals surface area contributed by atoms with Gasteiger partial charge in [0.25, 0.3) is 0 Å². The predicted molar refractivity (Wildman–Crippen MR) is 108 cm³/mol. The molecule has 0 bridgehead atoms. The van der Waals surface area contributed by atoms with Crippen molar-refractivity contribution in [1.82, 2.24) is 9.97 Å². The highest BCUT2D eigenvalue weighted by Crippen LogP contribution is 2.40. The molecule has 1 aliphatic carbocycles. The molecule has 1 fully saturated rings. The Morgan fingerprint density at radius 1 is 1.19 bits per heavy atom. The van der Waals surface area contributed by atoms with E-state index in [0.29, 0.717) is 0 Å². The maximum atomic E-state index is 5.52. The summed E-state index contributed by atoms with van der Waals surface area (Å²) in [7, 11) is 0. The number of fused-ring (bicyclic) bond motifs is 1. The van der Waals surface area contributed by atoms with Gasteiger partial charge in [-0.15, -0.1) is 0 Å². The van der Waals surface area contributed by atoms with Gasteiger partial charge >= 0.3 is 0 Å². The van der Waals surface area contributed by atoms with Crippen LogP contribution < -0.4 is 4.90 Å². The van der Waals surface area contributed by atoms with Gasteiger partial charge in [0.05, 0.1) is 18.9 Å². The minimum Gasteiger partial charge on any atom is -0.378 e. The Morgan fingerprint density at radius 3 is 2.65 bits per heavy atom. The minimum atomic E-state index is 0.768. The van der Waals surface area contributed by atoms with Gasteiger partial charge in [0.1, 0.15) is 11.6 Å². The quantitative estimate of drug-likeness (QED) is 0.711. The minimum absolute atomic E-state index is 0.768. The molecule has 138 valence electrons. The molecule has 0 spiro atoms. The van der Waals surface area contributed by atoms with E-state index in [1.54, 1.807) is 0 Å². The van der Waals surface area contributed by atoms with Crippen LogP contribution in [0.1, 0.15) is 43.8 Å². The third kappa shape index (κ3) is 3.80. The van der Waals surface area contributed by atoms with Crippen LogP contribution in [0.2, 0.25) is 0 Å². The molecule has 4 heteroatoms. The molecular weight excluding hydrogens is 322 g/mol. The maximum absolute atomic E-state index is 5.52. The van der Waals surface area contributed by atoms with Crippen LogP contribution in [-0.2, 0) is 11.2 Å². The lowest BCUT2D eigenvalue weighted by Gasteiger charge is -2.29. The second kappa shape index (κ2) is 8.45. The molecule has 2 aliphatic rings. The lowest BCUT2D eigenvalue weighted by Crippen LogP contribution is -2.37. The number of ether oxygens (including phenoxy) is 1. The van der Waals surface area contributed by atoms with E-state index >= 15 is 0 Å². The largest absolute Gasteiger partial charge is 0.378 e. The fourth-order valence-corrected chi connectivity index (χ4v) is 3.75. The molecule has 1 aromatic heterocycles. The summed E-state index contributed by atoms with van der Waals surface area (Å²) in [5.41, 5.74) is 6.51. The summed E-state index contributed by atoms with van der Waals surface area (Å²) >= 11 is 0. The molecule has 0 atom stereocenters. The van der Waals surface area contributed by atoms with Gasteiger partial charge in [-0.3, -0.25) is 0 Å². The fourth-order valence-electron chi connectivity index (χ4n) is 3.75. The molecule has 0 saturated carbocycles. The van der Waals surface area contributed by atoms with Crippen molar-refractivity contribution in [1.29, 1.82) is 0 Å². The number of anilines is 1. The third-order valence-electron chi connectivity index (χ3n) is 5.02. The van der Waals surface area contributed by atoms with E-state index in [4.69, 9.17) is 14.7 Å². The zero-order valence-electron chi connectivity index (χ0n) is 16.2. The van der Waals surface area contributed by atoms with Crippen molar-refractivity contribution in [3.63, 3.8) is 0 Å². The average molecular weight is 351 g/mol. The summed E-state index contributed by atoms with van der Waals surface area (Å²) in [5.74, 6) is 1.95. The van der Waals surface area contributed by atoms with Crippen LogP contribution in [0.5, 0.6) is 0 Å². The van der Waals surface area contributed by atoms with Crippen LogP contribution in [0.15, 0.2) is 42.0 Å². The number of nitrogens with zero attached hydrogens (tertiary/aromatic N) is 3.